The van der Waals surface area contributed by atoms with Gasteiger partial charge in [-0.05, 0) is 32.7 Å². The number of likely N-dealkylation sites (tertiary alicyclic amines) is 1. The van der Waals surface area contributed by atoms with E-state index in [9.17, 15) is 0 Å². The standard InChI is InChI=1S/C14H27N5/c1-9(2)13-12(15)14(19(5)17-13)16-11-6-7-18(4)10(3)8-11/h9-11,16H,6-8,15H2,1-5H3. The molecule has 0 saturated carbocycles. The van der Waals surface area contributed by atoms with Gasteiger partial charge in [0, 0.05) is 25.7 Å². The largest absolute Gasteiger partial charge is 0.394 e. The first kappa shape index (κ1) is 14.2. The van der Waals surface area contributed by atoms with Crippen molar-refractivity contribution in [3.05, 3.63) is 5.69 Å². The van der Waals surface area contributed by atoms with Crippen molar-refractivity contribution in [3.63, 3.8) is 0 Å². The molecular weight excluding hydrogens is 238 g/mol. The van der Waals surface area contributed by atoms with E-state index in [1.165, 1.54) is 0 Å². The molecule has 2 heterocycles. The van der Waals surface area contributed by atoms with Crippen molar-refractivity contribution in [3.8, 4) is 0 Å². The molecule has 0 spiro atoms. The number of aryl methyl sites for hydroxylation is 1. The third-order valence-electron chi connectivity index (χ3n) is 4.21. The average molecular weight is 265 g/mol. The van der Waals surface area contributed by atoms with Gasteiger partial charge in [-0.3, -0.25) is 4.68 Å². The summed E-state index contributed by atoms with van der Waals surface area (Å²) in [6.45, 7) is 7.66. The topological polar surface area (TPSA) is 59.1 Å². The van der Waals surface area contributed by atoms with Crippen LogP contribution in [0.5, 0.6) is 0 Å². The molecule has 108 valence electrons. The fourth-order valence-electron chi connectivity index (χ4n) is 2.77. The monoisotopic (exact) mass is 265 g/mol. The molecular formula is C14H27N5. The van der Waals surface area contributed by atoms with Crippen molar-refractivity contribution < 1.29 is 0 Å². The van der Waals surface area contributed by atoms with Crippen LogP contribution in [0.15, 0.2) is 0 Å². The predicted molar refractivity (Wildman–Crippen MR) is 80.4 cm³/mol. The van der Waals surface area contributed by atoms with Crippen LogP contribution in [0.3, 0.4) is 0 Å². The Bertz CT molecular complexity index is 437. The number of nitrogen functional groups attached to an aromatic ring is 1. The van der Waals surface area contributed by atoms with E-state index in [0.29, 0.717) is 18.0 Å². The summed E-state index contributed by atoms with van der Waals surface area (Å²) in [6.07, 6.45) is 2.31. The van der Waals surface area contributed by atoms with Crippen LogP contribution in [-0.2, 0) is 7.05 Å². The molecule has 2 atom stereocenters. The van der Waals surface area contributed by atoms with Gasteiger partial charge in [-0.15, -0.1) is 0 Å². The van der Waals surface area contributed by atoms with E-state index in [0.717, 1.165) is 36.6 Å². The predicted octanol–water partition coefficient (Wildman–Crippen LogP) is 2.02. The molecule has 1 aromatic heterocycles. The number of anilines is 2. The van der Waals surface area contributed by atoms with Gasteiger partial charge >= 0.3 is 0 Å². The first-order valence-corrected chi connectivity index (χ1v) is 7.19. The summed E-state index contributed by atoms with van der Waals surface area (Å²) in [4.78, 5) is 2.41. The Morgan fingerprint density at radius 3 is 2.58 bits per heavy atom. The molecule has 0 amide bonds. The maximum atomic E-state index is 6.23. The summed E-state index contributed by atoms with van der Waals surface area (Å²) in [6, 6.07) is 1.11. The van der Waals surface area contributed by atoms with Gasteiger partial charge in [-0.2, -0.15) is 5.10 Å². The molecule has 2 unspecified atom stereocenters. The Morgan fingerprint density at radius 2 is 2.05 bits per heavy atom. The SMILES string of the molecule is CC(C)c1nn(C)c(NC2CCN(C)C(C)C2)c1N. The summed E-state index contributed by atoms with van der Waals surface area (Å²) in [7, 11) is 4.15. The number of nitrogens with two attached hydrogens (primary N) is 1. The molecule has 1 aliphatic heterocycles. The molecule has 0 bridgehead atoms. The van der Waals surface area contributed by atoms with Crippen LogP contribution in [0.1, 0.15) is 45.2 Å². The molecule has 19 heavy (non-hydrogen) atoms. The Labute approximate surface area is 116 Å². The van der Waals surface area contributed by atoms with Gasteiger partial charge in [-0.1, -0.05) is 13.8 Å². The van der Waals surface area contributed by atoms with Gasteiger partial charge in [0.2, 0.25) is 0 Å². The van der Waals surface area contributed by atoms with Crippen LogP contribution in [0.25, 0.3) is 0 Å². The van der Waals surface area contributed by atoms with Crippen LogP contribution in [-0.4, -0.2) is 40.4 Å². The summed E-state index contributed by atoms with van der Waals surface area (Å²) >= 11 is 0. The molecule has 0 aliphatic carbocycles. The summed E-state index contributed by atoms with van der Waals surface area (Å²) in [5, 5.41) is 8.12. The number of hydrogen-bond donors (Lipinski definition) is 2. The van der Waals surface area contributed by atoms with Crippen molar-refractivity contribution >= 4 is 11.5 Å². The Kier molecular flexibility index (Phi) is 4.04. The first-order valence-electron chi connectivity index (χ1n) is 7.19. The van der Waals surface area contributed by atoms with Gasteiger partial charge in [0.15, 0.2) is 0 Å². The maximum absolute atomic E-state index is 6.23. The molecule has 1 fully saturated rings. The fourth-order valence-corrected chi connectivity index (χ4v) is 2.77. The number of hydrogen-bond acceptors (Lipinski definition) is 4. The Morgan fingerprint density at radius 1 is 1.37 bits per heavy atom. The van der Waals surface area contributed by atoms with Crippen molar-refractivity contribution in [2.75, 3.05) is 24.6 Å². The zero-order valence-electron chi connectivity index (χ0n) is 12.8. The Balaban J connectivity index is 2.11. The van der Waals surface area contributed by atoms with E-state index in [-0.39, 0.29) is 0 Å². The molecule has 3 N–H and O–H groups in total. The van der Waals surface area contributed by atoms with E-state index in [1.807, 2.05) is 11.7 Å². The van der Waals surface area contributed by atoms with Crippen molar-refractivity contribution in [2.45, 2.75) is 51.6 Å². The van der Waals surface area contributed by atoms with Crippen LogP contribution < -0.4 is 11.1 Å². The highest BCUT2D eigenvalue weighted by atomic mass is 15.3. The fraction of sp³-hybridized carbons (Fsp3) is 0.786. The lowest BCUT2D eigenvalue weighted by atomic mass is 9.99. The van der Waals surface area contributed by atoms with Crippen molar-refractivity contribution in [1.82, 2.24) is 14.7 Å². The van der Waals surface area contributed by atoms with Gasteiger partial charge in [0.05, 0.1) is 11.4 Å². The zero-order chi connectivity index (χ0) is 14.2. The van der Waals surface area contributed by atoms with E-state index in [1.54, 1.807) is 0 Å². The number of aromatic nitrogens is 2. The van der Waals surface area contributed by atoms with E-state index < -0.39 is 0 Å². The molecule has 5 heteroatoms. The van der Waals surface area contributed by atoms with Gasteiger partial charge in [-0.25, -0.2) is 0 Å². The number of nitrogens with zero attached hydrogens (tertiary/aromatic N) is 3. The van der Waals surface area contributed by atoms with Gasteiger partial charge in [0.1, 0.15) is 5.82 Å². The minimum absolute atomic E-state index is 0.359. The van der Waals surface area contributed by atoms with Crippen LogP contribution in [0, 0.1) is 0 Å². The minimum atomic E-state index is 0.359. The van der Waals surface area contributed by atoms with Gasteiger partial charge in [0.25, 0.3) is 0 Å². The average Bonchev–Trinajstić information content (AvgIpc) is 2.62. The lowest BCUT2D eigenvalue weighted by Crippen LogP contribution is -2.42. The summed E-state index contributed by atoms with van der Waals surface area (Å²) in [5.41, 5.74) is 8.03. The molecule has 1 aliphatic rings. The second-order valence-corrected chi connectivity index (χ2v) is 6.12. The second kappa shape index (κ2) is 5.41. The zero-order valence-corrected chi connectivity index (χ0v) is 12.8. The summed E-state index contributed by atoms with van der Waals surface area (Å²) < 4.78 is 1.88. The number of rotatable bonds is 3. The van der Waals surface area contributed by atoms with E-state index >= 15 is 0 Å². The van der Waals surface area contributed by atoms with Crippen molar-refractivity contribution in [1.29, 1.82) is 0 Å². The van der Waals surface area contributed by atoms with E-state index in [4.69, 9.17) is 5.73 Å². The lowest BCUT2D eigenvalue weighted by molar-refractivity contribution is 0.190. The minimum Gasteiger partial charge on any atom is -0.394 e. The lowest BCUT2D eigenvalue weighted by Gasteiger charge is -2.35. The highest BCUT2D eigenvalue weighted by Gasteiger charge is 2.25. The van der Waals surface area contributed by atoms with Crippen molar-refractivity contribution in [2.24, 2.45) is 7.05 Å². The van der Waals surface area contributed by atoms with Gasteiger partial charge < -0.3 is 16.0 Å². The van der Waals surface area contributed by atoms with Crippen LogP contribution in [0.2, 0.25) is 0 Å². The third kappa shape index (κ3) is 2.86. The smallest absolute Gasteiger partial charge is 0.148 e. The second-order valence-electron chi connectivity index (χ2n) is 6.12. The highest BCUT2D eigenvalue weighted by molar-refractivity contribution is 5.66. The maximum Gasteiger partial charge on any atom is 0.148 e. The molecule has 0 aromatic carbocycles. The quantitative estimate of drug-likeness (QED) is 0.878. The molecule has 5 nitrogen and oxygen atoms in total. The molecule has 2 rings (SSSR count). The molecule has 1 aromatic rings. The van der Waals surface area contributed by atoms with E-state index in [2.05, 4.69) is 43.1 Å². The normalized spacial score (nSPS) is 24.9. The highest BCUT2D eigenvalue weighted by Crippen LogP contribution is 2.29. The summed E-state index contributed by atoms with van der Waals surface area (Å²) in [5.74, 6) is 1.34. The van der Waals surface area contributed by atoms with Crippen LogP contribution in [0.4, 0.5) is 11.5 Å². The third-order valence-corrected chi connectivity index (χ3v) is 4.21. The first-order chi connectivity index (χ1) is 8.90. The molecule has 1 saturated heterocycles. The number of piperidine rings is 1. The Hall–Kier alpha value is -1.23. The van der Waals surface area contributed by atoms with Crippen LogP contribution >= 0.6 is 0 Å². The molecule has 0 radical (unpaired) electrons. The number of nitrogens with one attached hydrogen (secondary N) is 1.